The van der Waals surface area contributed by atoms with Gasteiger partial charge in [-0.05, 0) is 25.7 Å². The fraction of sp³-hybridized carbons (Fsp3) is 0.857. The van der Waals surface area contributed by atoms with Gasteiger partial charge in [0.2, 0.25) is 5.91 Å². The zero-order valence-electron chi connectivity index (χ0n) is 6.06. The van der Waals surface area contributed by atoms with Gasteiger partial charge in [-0.3, -0.25) is 4.79 Å². The second-order valence-electron chi connectivity index (χ2n) is 2.80. The van der Waals surface area contributed by atoms with Crippen molar-refractivity contribution >= 4 is 17.5 Å². The van der Waals surface area contributed by atoms with Crippen molar-refractivity contribution in [1.82, 2.24) is 5.32 Å². The highest BCUT2D eigenvalue weighted by Gasteiger charge is 2.22. The average molecular weight is 162 g/mol. The van der Waals surface area contributed by atoms with Gasteiger partial charge in [-0.15, -0.1) is 11.6 Å². The molecular formula is C7H12ClNO. The summed E-state index contributed by atoms with van der Waals surface area (Å²) in [5, 5.41) is 2.38. The van der Waals surface area contributed by atoms with E-state index >= 15 is 0 Å². The molecule has 1 rings (SSSR count). The molecule has 0 aliphatic heterocycles. The molecule has 58 valence electrons. The number of nitrogens with one attached hydrogen (secondary N) is 1. The van der Waals surface area contributed by atoms with E-state index in [-0.39, 0.29) is 5.91 Å². The maximum absolute atomic E-state index is 10.8. The number of alkyl halides is 1. The summed E-state index contributed by atoms with van der Waals surface area (Å²) in [7, 11) is 0. The first-order valence-corrected chi connectivity index (χ1v) is 4.05. The van der Waals surface area contributed by atoms with Crippen molar-refractivity contribution in [3.63, 3.8) is 0 Å². The zero-order valence-corrected chi connectivity index (χ0v) is 6.82. The van der Waals surface area contributed by atoms with Crippen molar-refractivity contribution in [1.29, 1.82) is 0 Å². The summed E-state index contributed by atoms with van der Waals surface area (Å²) in [5.74, 6) is 0.688. The van der Waals surface area contributed by atoms with Gasteiger partial charge in [-0.1, -0.05) is 0 Å². The van der Waals surface area contributed by atoms with Gasteiger partial charge in [0.05, 0.1) is 0 Å². The van der Waals surface area contributed by atoms with Crippen LogP contribution in [-0.2, 0) is 4.79 Å². The molecule has 0 saturated heterocycles. The molecule has 10 heavy (non-hydrogen) atoms. The third kappa shape index (κ3) is 2.56. The number of hydrogen-bond donors (Lipinski definition) is 1. The molecule has 0 aromatic rings. The molecule has 1 saturated carbocycles. The lowest BCUT2D eigenvalue weighted by atomic mass is 10.4. The van der Waals surface area contributed by atoms with Gasteiger partial charge in [-0.2, -0.15) is 0 Å². The van der Waals surface area contributed by atoms with Crippen LogP contribution >= 0.6 is 11.6 Å². The maximum atomic E-state index is 10.8. The monoisotopic (exact) mass is 161 g/mol. The highest BCUT2D eigenvalue weighted by molar-refractivity contribution is 6.30. The Hall–Kier alpha value is -0.240. The summed E-state index contributed by atoms with van der Waals surface area (Å²) in [6.07, 6.45) is 2.52. The lowest BCUT2D eigenvalue weighted by Gasteiger charge is -2.03. The quantitative estimate of drug-likeness (QED) is 0.618. The molecule has 0 spiro atoms. The molecule has 3 heteroatoms. The Bertz CT molecular complexity index is 132. The number of hydrogen-bond acceptors (Lipinski definition) is 1. The van der Waals surface area contributed by atoms with Gasteiger partial charge >= 0.3 is 0 Å². The molecule has 1 N–H and O–H groups in total. The summed E-state index contributed by atoms with van der Waals surface area (Å²) < 4.78 is 0. The van der Waals surface area contributed by atoms with Crippen LogP contribution in [0.2, 0.25) is 0 Å². The Kier molecular flexibility index (Phi) is 2.55. The van der Waals surface area contributed by atoms with Crippen LogP contribution in [0.3, 0.4) is 0 Å². The predicted octanol–water partition coefficient (Wildman–Crippen LogP) is 1.14. The maximum Gasteiger partial charge on any atom is 0.237 e. The van der Waals surface area contributed by atoms with Gasteiger partial charge in [-0.25, -0.2) is 0 Å². The van der Waals surface area contributed by atoms with Crippen molar-refractivity contribution in [2.45, 2.75) is 25.1 Å². The first kappa shape index (κ1) is 7.86. The molecule has 1 unspecified atom stereocenters. The summed E-state index contributed by atoms with van der Waals surface area (Å²) in [4.78, 5) is 10.8. The first-order chi connectivity index (χ1) is 4.70. The minimum Gasteiger partial charge on any atom is -0.355 e. The van der Waals surface area contributed by atoms with Crippen LogP contribution in [0.15, 0.2) is 0 Å². The summed E-state index contributed by atoms with van der Waals surface area (Å²) in [6.45, 7) is 2.50. The second kappa shape index (κ2) is 3.24. The van der Waals surface area contributed by atoms with E-state index in [0.29, 0.717) is 0 Å². The topological polar surface area (TPSA) is 29.1 Å². The van der Waals surface area contributed by atoms with Crippen LogP contribution in [0.4, 0.5) is 0 Å². The Labute approximate surface area is 65.9 Å². The number of carbonyl (C=O) groups excluding carboxylic acids is 1. The lowest BCUT2D eigenvalue weighted by molar-refractivity contribution is -0.120. The van der Waals surface area contributed by atoms with E-state index in [9.17, 15) is 4.79 Å². The zero-order chi connectivity index (χ0) is 7.56. The number of halogens is 1. The van der Waals surface area contributed by atoms with E-state index in [1.165, 1.54) is 12.8 Å². The van der Waals surface area contributed by atoms with E-state index in [2.05, 4.69) is 5.32 Å². The van der Waals surface area contributed by atoms with Gasteiger partial charge in [0.15, 0.2) is 0 Å². The standard InChI is InChI=1S/C7H12ClNO/c1-5(8)7(10)9-4-6-2-3-6/h5-6H,2-4H2,1H3,(H,9,10). The number of rotatable bonds is 3. The molecular weight excluding hydrogens is 150 g/mol. The van der Waals surface area contributed by atoms with Crippen molar-refractivity contribution in [2.24, 2.45) is 5.92 Å². The molecule has 1 atom stereocenters. The third-order valence-electron chi connectivity index (χ3n) is 1.62. The van der Waals surface area contributed by atoms with E-state index in [4.69, 9.17) is 11.6 Å². The van der Waals surface area contributed by atoms with Crippen LogP contribution < -0.4 is 5.32 Å². The molecule has 2 nitrogen and oxygen atoms in total. The molecule has 0 aromatic heterocycles. The van der Waals surface area contributed by atoms with Crippen molar-refractivity contribution in [3.8, 4) is 0 Å². The van der Waals surface area contributed by atoms with E-state index in [1.54, 1.807) is 6.92 Å². The van der Waals surface area contributed by atoms with Crippen molar-refractivity contribution in [2.75, 3.05) is 6.54 Å². The highest BCUT2D eigenvalue weighted by Crippen LogP contribution is 2.27. The Morgan fingerprint density at radius 3 is 2.80 bits per heavy atom. The van der Waals surface area contributed by atoms with Crippen LogP contribution in [-0.4, -0.2) is 17.8 Å². The van der Waals surface area contributed by atoms with Crippen molar-refractivity contribution in [3.05, 3.63) is 0 Å². The molecule has 0 radical (unpaired) electrons. The second-order valence-corrected chi connectivity index (χ2v) is 3.46. The molecule has 0 heterocycles. The third-order valence-corrected chi connectivity index (χ3v) is 1.82. The molecule has 1 amide bonds. The van der Waals surface area contributed by atoms with Crippen molar-refractivity contribution < 1.29 is 4.79 Å². The van der Waals surface area contributed by atoms with E-state index < -0.39 is 5.38 Å². The predicted molar refractivity (Wildman–Crippen MR) is 41.0 cm³/mol. The Morgan fingerprint density at radius 2 is 2.40 bits per heavy atom. The van der Waals surface area contributed by atoms with E-state index in [1.807, 2.05) is 0 Å². The summed E-state index contributed by atoms with van der Waals surface area (Å²) >= 11 is 5.52. The van der Waals surface area contributed by atoms with Crippen LogP contribution in [0.25, 0.3) is 0 Å². The fourth-order valence-corrected chi connectivity index (χ4v) is 0.785. The molecule has 1 fully saturated rings. The van der Waals surface area contributed by atoms with Gasteiger partial charge in [0.1, 0.15) is 5.38 Å². The molecule has 0 bridgehead atoms. The normalized spacial score (nSPS) is 20.2. The van der Waals surface area contributed by atoms with Gasteiger partial charge in [0.25, 0.3) is 0 Å². The number of amides is 1. The van der Waals surface area contributed by atoms with Crippen LogP contribution in [0.1, 0.15) is 19.8 Å². The van der Waals surface area contributed by atoms with E-state index in [0.717, 1.165) is 12.5 Å². The minimum absolute atomic E-state index is 0.0476. The molecule has 1 aliphatic carbocycles. The average Bonchev–Trinajstić information content (AvgIpc) is 2.64. The smallest absolute Gasteiger partial charge is 0.237 e. The largest absolute Gasteiger partial charge is 0.355 e. The SMILES string of the molecule is CC(Cl)C(=O)NCC1CC1. The van der Waals surface area contributed by atoms with Crippen LogP contribution in [0.5, 0.6) is 0 Å². The first-order valence-electron chi connectivity index (χ1n) is 3.62. The number of carbonyl (C=O) groups is 1. The lowest BCUT2D eigenvalue weighted by Crippen LogP contribution is -2.31. The molecule has 0 aromatic carbocycles. The Balaban J connectivity index is 2.05. The Morgan fingerprint density at radius 1 is 1.80 bits per heavy atom. The van der Waals surface area contributed by atoms with Gasteiger partial charge < -0.3 is 5.32 Å². The fourth-order valence-electron chi connectivity index (χ4n) is 0.708. The summed E-state index contributed by atoms with van der Waals surface area (Å²) in [6, 6.07) is 0. The van der Waals surface area contributed by atoms with Crippen LogP contribution in [0, 0.1) is 5.92 Å². The summed E-state index contributed by atoms with van der Waals surface area (Å²) in [5.41, 5.74) is 0. The highest BCUT2D eigenvalue weighted by atomic mass is 35.5. The minimum atomic E-state index is -0.390. The molecule has 1 aliphatic rings. The van der Waals surface area contributed by atoms with Gasteiger partial charge in [0, 0.05) is 6.54 Å².